The van der Waals surface area contributed by atoms with Gasteiger partial charge in [-0.3, -0.25) is 0 Å². The van der Waals surface area contributed by atoms with Gasteiger partial charge in [0.2, 0.25) is 5.95 Å². The van der Waals surface area contributed by atoms with Crippen LogP contribution in [0.5, 0.6) is 5.75 Å². The maximum absolute atomic E-state index is 5.31. The Bertz CT molecular complexity index is 555. The summed E-state index contributed by atoms with van der Waals surface area (Å²) in [6.07, 6.45) is 1.71. The van der Waals surface area contributed by atoms with Gasteiger partial charge in [0.1, 0.15) is 5.03 Å². The Hall–Kier alpha value is -1.75. The van der Waals surface area contributed by atoms with Crippen molar-refractivity contribution in [2.75, 3.05) is 26.1 Å². The van der Waals surface area contributed by atoms with Crippen LogP contribution in [0, 0.1) is 6.92 Å². The van der Waals surface area contributed by atoms with Gasteiger partial charge < -0.3 is 9.64 Å². The van der Waals surface area contributed by atoms with Gasteiger partial charge in [-0.05, 0) is 19.1 Å². The van der Waals surface area contributed by atoms with E-state index in [1.807, 2.05) is 19.0 Å². The van der Waals surface area contributed by atoms with E-state index in [0.717, 1.165) is 9.92 Å². The number of rotatable bonds is 4. The highest BCUT2D eigenvalue weighted by Crippen LogP contribution is 2.33. The zero-order valence-corrected chi connectivity index (χ0v) is 12.4. The summed E-state index contributed by atoms with van der Waals surface area (Å²) in [6.45, 7) is 2.07. The Morgan fingerprint density at radius 1 is 1.16 bits per heavy atom. The molecule has 0 radical (unpaired) electrons. The molecular formula is C14H17N3OS. The molecule has 0 fully saturated rings. The maximum Gasteiger partial charge on any atom is 0.226 e. The number of anilines is 1. The Kier molecular flexibility index (Phi) is 4.27. The van der Waals surface area contributed by atoms with E-state index in [2.05, 4.69) is 41.2 Å². The molecule has 0 atom stereocenters. The minimum atomic E-state index is 0.676. The molecule has 5 heteroatoms. The smallest absolute Gasteiger partial charge is 0.226 e. The van der Waals surface area contributed by atoms with Crippen LogP contribution in [0.4, 0.5) is 5.95 Å². The second-order valence-corrected chi connectivity index (χ2v) is 5.42. The van der Waals surface area contributed by atoms with Gasteiger partial charge in [-0.15, -0.1) is 0 Å². The van der Waals surface area contributed by atoms with Crippen molar-refractivity contribution < 1.29 is 4.74 Å². The fraction of sp³-hybridized carbons (Fsp3) is 0.286. The van der Waals surface area contributed by atoms with Crippen molar-refractivity contribution in [3.8, 4) is 5.75 Å². The average molecular weight is 275 g/mol. The molecule has 1 aromatic heterocycles. The molecule has 2 rings (SSSR count). The highest BCUT2D eigenvalue weighted by Gasteiger charge is 2.10. The summed E-state index contributed by atoms with van der Waals surface area (Å²) in [6, 6.07) is 8.33. The molecule has 2 aromatic rings. The second-order valence-electron chi connectivity index (χ2n) is 4.35. The first-order valence-electron chi connectivity index (χ1n) is 5.93. The summed E-state index contributed by atoms with van der Waals surface area (Å²) in [5.41, 5.74) is 1.24. The van der Waals surface area contributed by atoms with E-state index in [0.29, 0.717) is 11.7 Å². The first-order valence-corrected chi connectivity index (χ1v) is 6.74. The third-order valence-corrected chi connectivity index (χ3v) is 3.56. The van der Waals surface area contributed by atoms with Crippen molar-refractivity contribution in [3.05, 3.63) is 36.0 Å². The normalized spacial score (nSPS) is 10.3. The quantitative estimate of drug-likeness (QED) is 0.802. The summed E-state index contributed by atoms with van der Waals surface area (Å²) in [4.78, 5) is 11.8. The lowest BCUT2D eigenvalue weighted by molar-refractivity contribution is 0.398. The number of nitrogens with zero attached hydrogens (tertiary/aromatic N) is 3. The minimum Gasteiger partial charge on any atom is -0.492 e. The number of aromatic nitrogens is 2. The van der Waals surface area contributed by atoms with Gasteiger partial charge in [0.15, 0.2) is 5.75 Å². The summed E-state index contributed by atoms with van der Waals surface area (Å²) >= 11 is 1.58. The molecule has 1 heterocycles. The highest BCUT2D eigenvalue weighted by atomic mass is 32.2. The van der Waals surface area contributed by atoms with Crippen LogP contribution in [-0.2, 0) is 0 Å². The van der Waals surface area contributed by atoms with Gasteiger partial charge in [-0.1, -0.05) is 29.5 Å². The van der Waals surface area contributed by atoms with E-state index < -0.39 is 0 Å². The van der Waals surface area contributed by atoms with Crippen LogP contribution < -0.4 is 9.64 Å². The number of hydrogen-bond acceptors (Lipinski definition) is 5. The summed E-state index contributed by atoms with van der Waals surface area (Å²) in [7, 11) is 5.47. The van der Waals surface area contributed by atoms with E-state index >= 15 is 0 Å². The number of benzene rings is 1. The van der Waals surface area contributed by atoms with Gasteiger partial charge in [0.05, 0.1) is 13.3 Å². The molecule has 0 unspecified atom stereocenters. The lowest BCUT2D eigenvalue weighted by Crippen LogP contribution is -2.13. The molecule has 0 saturated carbocycles. The van der Waals surface area contributed by atoms with Crippen LogP contribution in [0.15, 0.2) is 40.4 Å². The Balaban J connectivity index is 2.31. The Morgan fingerprint density at radius 2 is 1.84 bits per heavy atom. The van der Waals surface area contributed by atoms with Crippen molar-refractivity contribution in [2.24, 2.45) is 0 Å². The van der Waals surface area contributed by atoms with Gasteiger partial charge in [0, 0.05) is 19.0 Å². The van der Waals surface area contributed by atoms with Crippen LogP contribution in [0.25, 0.3) is 0 Å². The zero-order valence-electron chi connectivity index (χ0n) is 11.5. The summed E-state index contributed by atoms with van der Waals surface area (Å²) in [5.74, 6) is 1.37. The average Bonchev–Trinajstić information content (AvgIpc) is 2.41. The largest absolute Gasteiger partial charge is 0.492 e. The molecule has 0 bridgehead atoms. The molecule has 100 valence electrons. The van der Waals surface area contributed by atoms with Crippen molar-refractivity contribution in [1.82, 2.24) is 9.97 Å². The molecular weight excluding hydrogens is 258 g/mol. The third-order valence-electron chi connectivity index (χ3n) is 2.57. The summed E-state index contributed by atoms with van der Waals surface area (Å²) in [5, 5.41) is 0.824. The fourth-order valence-corrected chi connectivity index (χ4v) is 2.35. The van der Waals surface area contributed by atoms with Gasteiger partial charge in [0.25, 0.3) is 0 Å². The van der Waals surface area contributed by atoms with Gasteiger partial charge >= 0.3 is 0 Å². The third kappa shape index (κ3) is 3.38. The number of methoxy groups -OCH3 is 1. The maximum atomic E-state index is 5.31. The van der Waals surface area contributed by atoms with E-state index in [1.54, 1.807) is 25.1 Å². The van der Waals surface area contributed by atoms with Gasteiger partial charge in [-0.2, -0.15) is 0 Å². The summed E-state index contributed by atoms with van der Waals surface area (Å²) < 4.78 is 5.31. The first kappa shape index (κ1) is 13.7. The monoisotopic (exact) mass is 275 g/mol. The molecule has 0 aliphatic heterocycles. The molecule has 0 aliphatic rings. The topological polar surface area (TPSA) is 38.2 Å². The van der Waals surface area contributed by atoms with Crippen LogP contribution in [0.2, 0.25) is 0 Å². The lowest BCUT2D eigenvalue weighted by Gasteiger charge is -2.13. The van der Waals surface area contributed by atoms with Crippen molar-refractivity contribution in [1.29, 1.82) is 0 Å². The molecule has 4 nitrogen and oxygen atoms in total. The Labute approximate surface area is 117 Å². The Morgan fingerprint density at radius 3 is 2.42 bits per heavy atom. The molecule has 0 amide bonds. The molecule has 0 aliphatic carbocycles. The van der Waals surface area contributed by atoms with Crippen molar-refractivity contribution in [3.63, 3.8) is 0 Å². The van der Waals surface area contributed by atoms with E-state index in [1.165, 1.54) is 5.56 Å². The van der Waals surface area contributed by atoms with Crippen LogP contribution in [0.1, 0.15) is 5.56 Å². The standard InChI is InChI=1S/C14H17N3OS/c1-10-5-7-11(8-6-10)19-13-12(18-4)9-15-14(16-13)17(2)3/h5-9H,1-4H3. The van der Waals surface area contributed by atoms with Crippen LogP contribution in [0.3, 0.4) is 0 Å². The predicted molar refractivity (Wildman–Crippen MR) is 78.2 cm³/mol. The van der Waals surface area contributed by atoms with Crippen molar-refractivity contribution >= 4 is 17.7 Å². The first-order chi connectivity index (χ1) is 9.10. The number of hydrogen-bond donors (Lipinski definition) is 0. The van der Waals surface area contributed by atoms with Crippen molar-refractivity contribution in [2.45, 2.75) is 16.8 Å². The van der Waals surface area contributed by atoms with Crippen LogP contribution >= 0.6 is 11.8 Å². The van der Waals surface area contributed by atoms with Crippen LogP contribution in [-0.4, -0.2) is 31.2 Å². The molecule has 1 aromatic carbocycles. The molecule has 19 heavy (non-hydrogen) atoms. The van der Waals surface area contributed by atoms with E-state index in [4.69, 9.17) is 4.74 Å². The zero-order chi connectivity index (χ0) is 13.8. The number of aryl methyl sites for hydroxylation is 1. The minimum absolute atomic E-state index is 0.676. The van der Waals surface area contributed by atoms with Gasteiger partial charge in [-0.25, -0.2) is 9.97 Å². The number of ether oxygens (including phenoxy) is 1. The molecule has 0 spiro atoms. The molecule has 0 N–H and O–H groups in total. The lowest BCUT2D eigenvalue weighted by atomic mass is 10.2. The van der Waals surface area contributed by atoms with E-state index in [-0.39, 0.29) is 0 Å². The fourth-order valence-electron chi connectivity index (χ4n) is 1.49. The SMILES string of the molecule is COc1cnc(N(C)C)nc1Sc1ccc(C)cc1. The molecule has 0 saturated heterocycles. The highest BCUT2D eigenvalue weighted by molar-refractivity contribution is 7.99. The second kappa shape index (κ2) is 5.93. The predicted octanol–water partition coefficient (Wildman–Crippen LogP) is 3.01. The van der Waals surface area contributed by atoms with E-state index in [9.17, 15) is 0 Å².